The molecule has 1 aromatic heterocycles. The zero-order valence-corrected chi connectivity index (χ0v) is 17.7. The highest BCUT2D eigenvalue weighted by Gasteiger charge is 2.30. The van der Waals surface area contributed by atoms with Gasteiger partial charge in [0, 0.05) is 13.1 Å². The van der Waals surface area contributed by atoms with Crippen molar-refractivity contribution in [2.24, 2.45) is 17.4 Å². The molecule has 1 fully saturated rings. The Morgan fingerprint density at radius 1 is 1.30 bits per heavy atom. The summed E-state index contributed by atoms with van der Waals surface area (Å²) in [6.07, 6.45) is 1.44. The first-order valence-electron chi connectivity index (χ1n) is 9.86. The van der Waals surface area contributed by atoms with E-state index >= 15 is 0 Å². The number of amides is 1. The van der Waals surface area contributed by atoms with Crippen LogP contribution in [0.15, 0.2) is 35.4 Å². The zero-order valence-electron chi connectivity index (χ0n) is 16.8. The van der Waals surface area contributed by atoms with Gasteiger partial charge in [0.25, 0.3) is 0 Å². The predicted molar refractivity (Wildman–Crippen MR) is 117 cm³/mol. The number of carbonyl (C=O) groups is 1. The molecule has 2 unspecified atom stereocenters. The molecular formula is C22H24N6OS. The lowest BCUT2D eigenvalue weighted by Crippen LogP contribution is -2.25. The van der Waals surface area contributed by atoms with Crippen molar-refractivity contribution in [3.63, 3.8) is 0 Å². The Morgan fingerprint density at radius 3 is 2.53 bits per heavy atom. The van der Waals surface area contributed by atoms with E-state index in [2.05, 4.69) is 17.0 Å². The number of primary amides is 1. The Labute approximate surface area is 180 Å². The average Bonchev–Trinajstić information content (AvgIpc) is 3.25. The smallest absolute Gasteiger partial charge is 0.235 e. The molecule has 2 heterocycles. The van der Waals surface area contributed by atoms with Crippen LogP contribution in [0.4, 0.5) is 5.82 Å². The molecule has 4 N–H and O–H groups in total. The first kappa shape index (κ1) is 21.6. The number of thioether (sulfide) groups is 1. The molecule has 2 aromatic rings. The van der Waals surface area contributed by atoms with Gasteiger partial charge in [-0.1, -0.05) is 49.0 Å². The van der Waals surface area contributed by atoms with Crippen molar-refractivity contribution >= 4 is 23.5 Å². The first-order chi connectivity index (χ1) is 14.5. The van der Waals surface area contributed by atoms with Crippen LogP contribution in [0.2, 0.25) is 0 Å². The SMILES string of the molecule is CCc1c(C#N)c(SC(C(N)=O)c2ccccc2)nc(N2CCC(CN)C2)c1C#N. The van der Waals surface area contributed by atoms with Crippen molar-refractivity contribution in [3.05, 3.63) is 52.6 Å². The molecule has 0 saturated carbocycles. The van der Waals surface area contributed by atoms with Crippen LogP contribution < -0.4 is 16.4 Å². The number of pyridine rings is 1. The second-order valence-electron chi connectivity index (χ2n) is 7.19. The molecule has 7 nitrogen and oxygen atoms in total. The third-order valence-corrected chi connectivity index (χ3v) is 6.59. The van der Waals surface area contributed by atoms with E-state index in [1.807, 2.05) is 37.3 Å². The van der Waals surface area contributed by atoms with Gasteiger partial charge in [-0.15, -0.1) is 0 Å². The van der Waals surface area contributed by atoms with Gasteiger partial charge in [-0.3, -0.25) is 4.79 Å². The Bertz CT molecular complexity index is 1010. The van der Waals surface area contributed by atoms with Crippen molar-refractivity contribution < 1.29 is 4.79 Å². The van der Waals surface area contributed by atoms with Gasteiger partial charge in [-0.25, -0.2) is 4.98 Å². The lowest BCUT2D eigenvalue weighted by Gasteiger charge is -2.23. The second kappa shape index (κ2) is 9.62. The molecule has 30 heavy (non-hydrogen) atoms. The number of anilines is 1. The largest absolute Gasteiger partial charge is 0.368 e. The van der Waals surface area contributed by atoms with Crippen molar-refractivity contribution in [2.45, 2.75) is 30.0 Å². The van der Waals surface area contributed by atoms with E-state index < -0.39 is 11.2 Å². The van der Waals surface area contributed by atoms with Crippen LogP contribution in [0.3, 0.4) is 0 Å². The maximum Gasteiger partial charge on any atom is 0.235 e. The lowest BCUT2D eigenvalue weighted by molar-refractivity contribution is -0.117. The zero-order chi connectivity index (χ0) is 21.7. The fraction of sp³-hybridized carbons (Fsp3) is 0.364. The minimum absolute atomic E-state index is 0.333. The first-order valence-corrected chi connectivity index (χ1v) is 10.7. The van der Waals surface area contributed by atoms with Crippen LogP contribution >= 0.6 is 11.8 Å². The highest BCUT2D eigenvalue weighted by molar-refractivity contribution is 8.00. The molecule has 8 heteroatoms. The van der Waals surface area contributed by atoms with Gasteiger partial charge in [0.2, 0.25) is 5.91 Å². The number of nitrogens with two attached hydrogens (primary N) is 2. The Hall–Kier alpha value is -3.07. The van der Waals surface area contributed by atoms with Gasteiger partial charge in [-0.05, 0) is 36.4 Å². The third-order valence-electron chi connectivity index (χ3n) is 5.33. The number of nitrogens with zero attached hydrogens (tertiary/aromatic N) is 4. The van der Waals surface area contributed by atoms with E-state index in [9.17, 15) is 15.3 Å². The lowest BCUT2D eigenvalue weighted by atomic mass is 10.0. The number of nitriles is 2. The highest BCUT2D eigenvalue weighted by atomic mass is 32.2. The standard InChI is InChI=1S/C22H24N6OS/c1-2-16-17(11-24)21(28-9-8-14(10-23)13-28)27-22(18(16)12-25)30-19(20(26)29)15-6-4-3-5-7-15/h3-7,14,19H,2,8-10,13,23H2,1H3,(H2,26,29). The van der Waals surface area contributed by atoms with Crippen LogP contribution in [0.25, 0.3) is 0 Å². The molecule has 3 rings (SSSR count). The molecule has 1 amide bonds. The number of carbonyl (C=O) groups excluding carboxylic acids is 1. The molecule has 1 aliphatic heterocycles. The normalized spacial score (nSPS) is 16.7. The fourth-order valence-corrected chi connectivity index (χ4v) is 4.80. The van der Waals surface area contributed by atoms with Gasteiger partial charge in [-0.2, -0.15) is 10.5 Å². The van der Waals surface area contributed by atoms with Gasteiger partial charge in [0.1, 0.15) is 28.2 Å². The van der Waals surface area contributed by atoms with Crippen LogP contribution in [0.5, 0.6) is 0 Å². The molecule has 0 aliphatic carbocycles. The predicted octanol–water partition coefficient (Wildman–Crippen LogP) is 2.49. The molecule has 1 aliphatic rings. The molecular weight excluding hydrogens is 396 g/mol. The molecule has 0 bridgehead atoms. The van der Waals surface area contributed by atoms with Crippen LogP contribution in [0.1, 0.15) is 40.8 Å². The number of hydrogen-bond donors (Lipinski definition) is 2. The van der Waals surface area contributed by atoms with Gasteiger partial charge >= 0.3 is 0 Å². The minimum Gasteiger partial charge on any atom is -0.368 e. The maximum atomic E-state index is 12.2. The summed E-state index contributed by atoms with van der Waals surface area (Å²) in [5, 5.41) is 19.4. The summed E-state index contributed by atoms with van der Waals surface area (Å²) in [7, 11) is 0. The summed E-state index contributed by atoms with van der Waals surface area (Å²) in [5.41, 5.74) is 13.7. The molecule has 154 valence electrons. The van der Waals surface area contributed by atoms with E-state index in [0.717, 1.165) is 36.8 Å². The van der Waals surface area contributed by atoms with Crippen LogP contribution in [-0.4, -0.2) is 30.5 Å². The summed E-state index contributed by atoms with van der Waals surface area (Å²) >= 11 is 1.16. The Kier molecular flexibility index (Phi) is 6.94. The fourth-order valence-electron chi connectivity index (χ4n) is 3.74. The van der Waals surface area contributed by atoms with E-state index in [-0.39, 0.29) is 0 Å². The van der Waals surface area contributed by atoms with Crippen molar-refractivity contribution in [2.75, 3.05) is 24.5 Å². The van der Waals surface area contributed by atoms with E-state index in [1.54, 1.807) is 0 Å². The van der Waals surface area contributed by atoms with Gasteiger partial charge < -0.3 is 16.4 Å². The van der Waals surface area contributed by atoms with E-state index in [0.29, 0.717) is 46.4 Å². The number of aromatic nitrogens is 1. The van der Waals surface area contributed by atoms with E-state index in [1.165, 1.54) is 0 Å². The third kappa shape index (κ3) is 4.25. The van der Waals surface area contributed by atoms with Crippen molar-refractivity contribution in [3.8, 4) is 12.1 Å². The summed E-state index contributed by atoms with van der Waals surface area (Å²) in [5.74, 6) is 0.395. The summed E-state index contributed by atoms with van der Waals surface area (Å²) in [4.78, 5) is 19.0. The second-order valence-corrected chi connectivity index (χ2v) is 8.29. The van der Waals surface area contributed by atoms with Gasteiger partial charge in [0.15, 0.2) is 0 Å². The number of hydrogen-bond acceptors (Lipinski definition) is 7. The summed E-state index contributed by atoms with van der Waals surface area (Å²) in [6, 6.07) is 13.6. The van der Waals surface area contributed by atoms with Gasteiger partial charge in [0.05, 0.1) is 11.1 Å². The average molecular weight is 421 g/mol. The minimum atomic E-state index is -0.688. The molecule has 2 atom stereocenters. The van der Waals surface area contributed by atoms with Crippen molar-refractivity contribution in [1.82, 2.24) is 4.98 Å². The number of rotatable bonds is 7. The molecule has 1 aromatic carbocycles. The summed E-state index contributed by atoms with van der Waals surface area (Å²) in [6.45, 7) is 3.95. The monoisotopic (exact) mass is 420 g/mol. The van der Waals surface area contributed by atoms with E-state index in [4.69, 9.17) is 16.5 Å². The highest BCUT2D eigenvalue weighted by Crippen LogP contribution is 2.40. The van der Waals surface area contributed by atoms with Crippen LogP contribution in [0, 0.1) is 28.6 Å². The number of benzene rings is 1. The maximum absolute atomic E-state index is 12.2. The summed E-state index contributed by atoms with van der Waals surface area (Å²) < 4.78 is 0. The Morgan fingerprint density at radius 2 is 2.00 bits per heavy atom. The molecule has 0 spiro atoms. The molecule has 0 radical (unpaired) electrons. The molecule has 1 saturated heterocycles. The van der Waals surface area contributed by atoms with Crippen molar-refractivity contribution in [1.29, 1.82) is 10.5 Å². The quantitative estimate of drug-likeness (QED) is 0.657. The topological polar surface area (TPSA) is 133 Å². The Balaban J connectivity index is 2.11. The van der Waals surface area contributed by atoms with Crippen LogP contribution in [-0.2, 0) is 11.2 Å².